The maximum Gasteiger partial charge on any atom is 0.274 e. The van der Waals surface area contributed by atoms with Gasteiger partial charge in [-0.25, -0.2) is 4.39 Å². The van der Waals surface area contributed by atoms with Gasteiger partial charge in [-0.05, 0) is 58.7 Å². The van der Waals surface area contributed by atoms with Crippen molar-refractivity contribution in [2.45, 2.75) is 19.5 Å². The van der Waals surface area contributed by atoms with Gasteiger partial charge in [0.2, 0.25) is 11.7 Å². The zero-order chi connectivity index (χ0) is 21.1. The number of halogens is 2. The van der Waals surface area contributed by atoms with Crippen LogP contribution in [0.25, 0.3) is 23.0 Å². The minimum Gasteiger partial charge on any atom is -0.348 e. The van der Waals surface area contributed by atoms with Crippen LogP contribution in [-0.4, -0.2) is 20.6 Å². The van der Waals surface area contributed by atoms with Crippen molar-refractivity contribution in [2.24, 2.45) is 0 Å². The van der Waals surface area contributed by atoms with Crippen LogP contribution in [0.15, 0.2) is 75.9 Å². The second-order valence-corrected chi connectivity index (χ2v) is 7.63. The first-order valence-electron chi connectivity index (χ1n) is 9.30. The van der Waals surface area contributed by atoms with E-state index in [0.717, 1.165) is 5.56 Å². The molecule has 2 aromatic heterocycles. The zero-order valence-corrected chi connectivity index (χ0v) is 17.6. The summed E-state index contributed by atoms with van der Waals surface area (Å²) in [5, 5.41) is 6.97. The number of amides is 1. The van der Waals surface area contributed by atoms with Crippen LogP contribution < -0.4 is 5.32 Å². The van der Waals surface area contributed by atoms with Crippen molar-refractivity contribution in [1.29, 1.82) is 0 Å². The summed E-state index contributed by atoms with van der Waals surface area (Å²) in [6.45, 7) is 2.05. The van der Waals surface area contributed by atoms with Crippen LogP contribution in [0.4, 0.5) is 4.39 Å². The van der Waals surface area contributed by atoms with Gasteiger partial charge >= 0.3 is 0 Å². The van der Waals surface area contributed by atoms with E-state index in [9.17, 15) is 9.18 Å². The molecule has 30 heavy (non-hydrogen) atoms. The molecular weight excluding hydrogens is 451 g/mol. The van der Waals surface area contributed by atoms with E-state index in [1.807, 2.05) is 43.3 Å². The van der Waals surface area contributed by atoms with Gasteiger partial charge in [0.15, 0.2) is 0 Å². The summed E-state index contributed by atoms with van der Waals surface area (Å²) >= 11 is 3.15. The Morgan fingerprint density at radius 3 is 2.77 bits per heavy atom. The maximum atomic E-state index is 13.5. The molecule has 0 radical (unpaired) electrons. The molecule has 0 saturated heterocycles. The van der Waals surface area contributed by atoms with Gasteiger partial charge in [-0.2, -0.15) is 4.98 Å². The molecule has 0 bridgehead atoms. The van der Waals surface area contributed by atoms with Crippen molar-refractivity contribution in [3.63, 3.8) is 0 Å². The van der Waals surface area contributed by atoms with E-state index in [0.29, 0.717) is 21.6 Å². The zero-order valence-electron chi connectivity index (χ0n) is 16.0. The topological polar surface area (TPSA) is 73.0 Å². The third-order valence-electron chi connectivity index (χ3n) is 4.64. The van der Waals surface area contributed by atoms with Gasteiger partial charge in [-0.1, -0.05) is 35.5 Å². The number of hydrogen-bond donors (Lipinski definition) is 1. The molecule has 0 fully saturated rings. The molecule has 6 nitrogen and oxygen atoms in total. The fourth-order valence-electron chi connectivity index (χ4n) is 3.09. The number of carbonyl (C=O) groups is 1. The number of carbonyl (C=O) groups excluding carboxylic acids is 1. The summed E-state index contributed by atoms with van der Waals surface area (Å²) in [7, 11) is 0. The van der Waals surface area contributed by atoms with E-state index in [1.165, 1.54) is 6.07 Å². The third-order valence-corrected chi connectivity index (χ3v) is 5.25. The highest BCUT2D eigenvalue weighted by Crippen LogP contribution is 2.26. The molecule has 0 aliphatic rings. The molecular formula is C22H18BrFN4O2. The van der Waals surface area contributed by atoms with Crippen LogP contribution in [0, 0.1) is 5.82 Å². The summed E-state index contributed by atoms with van der Waals surface area (Å²) in [6, 6.07) is 17.7. The molecule has 2 heterocycles. The van der Waals surface area contributed by atoms with E-state index in [4.69, 9.17) is 4.52 Å². The summed E-state index contributed by atoms with van der Waals surface area (Å²) in [6.07, 6.45) is 1.78. The monoisotopic (exact) mass is 468 g/mol. The minimum absolute atomic E-state index is 0.107. The molecule has 2 aromatic carbocycles. The predicted octanol–water partition coefficient (Wildman–Crippen LogP) is 4.98. The highest BCUT2D eigenvalue weighted by atomic mass is 79.9. The van der Waals surface area contributed by atoms with Crippen LogP contribution in [0.3, 0.4) is 0 Å². The standard InChI is InChI=1S/C22H18BrFN4O2/c1-14(15-6-3-2-4-7-15)25-20(29)13-28-11-5-8-19(28)22-26-21(27-30-22)16-9-10-18(24)17(23)12-16/h2-12,14H,13H2,1H3,(H,25,29). The number of aromatic nitrogens is 3. The molecule has 0 aliphatic carbocycles. The third kappa shape index (κ3) is 4.33. The highest BCUT2D eigenvalue weighted by molar-refractivity contribution is 9.10. The molecule has 4 aromatic rings. The van der Waals surface area contributed by atoms with Crippen molar-refractivity contribution in [3.05, 3.63) is 82.7 Å². The molecule has 1 atom stereocenters. The van der Waals surface area contributed by atoms with Crippen LogP contribution in [0.2, 0.25) is 0 Å². The Kier molecular flexibility index (Phi) is 5.76. The second-order valence-electron chi connectivity index (χ2n) is 6.77. The summed E-state index contributed by atoms with van der Waals surface area (Å²) in [5.74, 6) is 0.109. The molecule has 8 heteroatoms. The van der Waals surface area contributed by atoms with Crippen molar-refractivity contribution < 1.29 is 13.7 Å². The van der Waals surface area contributed by atoms with Crippen LogP contribution >= 0.6 is 15.9 Å². The number of nitrogens with one attached hydrogen (secondary N) is 1. The average Bonchev–Trinajstić information content (AvgIpc) is 3.40. The van der Waals surface area contributed by atoms with Crippen LogP contribution in [-0.2, 0) is 11.3 Å². The van der Waals surface area contributed by atoms with E-state index in [1.54, 1.807) is 29.0 Å². The number of nitrogens with zero attached hydrogens (tertiary/aromatic N) is 3. The number of benzene rings is 2. The summed E-state index contributed by atoms with van der Waals surface area (Å²) in [5.41, 5.74) is 2.27. The van der Waals surface area contributed by atoms with E-state index < -0.39 is 0 Å². The second kappa shape index (κ2) is 8.62. The highest BCUT2D eigenvalue weighted by Gasteiger charge is 2.17. The van der Waals surface area contributed by atoms with Gasteiger partial charge in [-0.15, -0.1) is 0 Å². The first-order valence-corrected chi connectivity index (χ1v) is 10.1. The largest absolute Gasteiger partial charge is 0.348 e. The average molecular weight is 469 g/mol. The lowest BCUT2D eigenvalue weighted by molar-refractivity contribution is -0.122. The van der Waals surface area contributed by atoms with Crippen molar-refractivity contribution in [2.75, 3.05) is 0 Å². The molecule has 1 N–H and O–H groups in total. The first kappa shape index (κ1) is 20.0. The SMILES string of the molecule is CC(NC(=O)Cn1cccc1-c1nc(-c2ccc(F)c(Br)c2)no1)c1ccccc1. The maximum absolute atomic E-state index is 13.5. The molecule has 1 amide bonds. The van der Waals surface area contributed by atoms with Crippen LogP contribution in [0.1, 0.15) is 18.5 Å². The Hall–Kier alpha value is -3.26. The Balaban J connectivity index is 1.49. The summed E-state index contributed by atoms with van der Waals surface area (Å²) in [4.78, 5) is 16.9. The van der Waals surface area contributed by atoms with Gasteiger partial charge in [0.1, 0.15) is 18.1 Å². The molecule has 0 saturated carbocycles. The van der Waals surface area contributed by atoms with Gasteiger partial charge in [0.25, 0.3) is 5.89 Å². The smallest absolute Gasteiger partial charge is 0.274 e. The van der Waals surface area contributed by atoms with Crippen LogP contribution in [0.5, 0.6) is 0 Å². The lowest BCUT2D eigenvalue weighted by Gasteiger charge is -2.15. The van der Waals surface area contributed by atoms with E-state index in [2.05, 4.69) is 31.4 Å². The minimum atomic E-state index is -0.368. The lowest BCUT2D eigenvalue weighted by atomic mass is 10.1. The van der Waals surface area contributed by atoms with Gasteiger partial charge < -0.3 is 14.4 Å². The van der Waals surface area contributed by atoms with Crippen molar-refractivity contribution >= 4 is 21.8 Å². The van der Waals surface area contributed by atoms with Crippen molar-refractivity contribution in [3.8, 4) is 23.0 Å². The molecule has 0 aliphatic heterocycles. The lowest BCUT2D eigenvalue weighted by Crippen LogP contribution is -2.30. The number of hydrogen-bond acceptors (Lipinski definition) is 4. The van der Waals surface area contributed by atoms with Gasteiger partial charge in [0.05, 0.1) is 10.5 Å². The van der Waals surface area contributed by atoms with Gasteiger partial charge in [0, 0.05) is 11.8 Å². The number of rotatable bonds is 6. The van der Waals surface area contributed by atoms with Gasteiger partial charge in [-0.3, -0.25) is 4.79 Å². The molecule has 1 unspecified atom stereocenters. The summed E-state index contributed by atoms with van der Waals surface area (Å²) < 4.78 is 20.9. The fraction of sp³-hybridized carbons (Fsp3) is 0.136. The fourth-order valence-corrected chi connectivity index (χ4v) is 3.47. The Bertz CT molecular complexity index is 1170. The predicted molar refractivity (Wildman–Crippen MR) is 114 cm³/mol. The molecule has 0 spiro atoms. The van der Waals surface area contributed by atoms with Crippen molar-refractivity contribution in [1.82, 2.24) is 20.0 Å². The Morgan fingerprint density at radius 1 is 1.20 bits per heavy atom. The first-order chi connectivity index (χ1) is 14.5. The van der Waals surface area contributed by atoms with E-state index in [-0.39, 0.29) is 30.2 Å². The quantitative estimate of drug-likeness (QED) is 0.432. The molecule has 152 valence electrons. The Labute approximate surface area is 180 Å². The normalized spacial score (nSPS) is 12.0. The Morgan fingerprint density at radius 2 is 2.00 bits per heavy atom. The van der Waals surface area contributed by atoms with E-state index >= 15 is 0 Å². The molecule has 4 rings (SSSR count).